The Morgan fingerprint density at radius 2 is 1.62 bits per heavy atom. The molecule has 0 aliphatic carbocycles. The van der Waals surface area contributed by atoms with E-state index in [0.29, 0.717) is 11.1 Å². The van der Waals surface area contributed by atoms with Gasteiger partial charge in [-0.15, -0.1) is 0 Å². The van der Waals surface area contributed by atoms with Crippen LogP contribution in [0, 0.1) is 13.8 Å². The number of phenolic OH excluding ortho intramolecular Hbond substituents is 1. The molecule has 0 saturated carbocycles. The molecule has 0 radical (unpaired) electrons. The Kier molecular flexibility index (Phi) is 12.4. The molecule has 10 heteroatoms. The normalized spacial score (nSPS) is 12.7. The van der Waals surface area contributed by atoms with Crippen LogP contribution in [0.4, 0.5) is 4.79 Å². The van der Waals surface area contributed by atoms with E-state index in [1.54, 1.807) is 59.7 Å². The molecule has 2 atom stereocenters. The number of phenols is 1. The summed E-state index contributed by atoms with van der Waals surface area (Å²) in [5, 5.41) is 15.2. The van der Waals surface area contributed by atoms with Gasteiger partial charge in [-0.2, -0.15) is 0 Å². The first kappa shape index (κ1) is 34.1. The standard InChI is InChI=1S/C32H45N3O7/c1-9-41-27(37)16-17-33-29(38)28(24-13-10-21(4)22(5)18-24)35(20(2)3)30(39)26(34-31(40)42-32(6,7)8)19-23-11-14-25(36)15-12-23/h10-15,18,20,26,28,36H,9,16-17,19H2,1-8H3,(H,33,38)(H,34,40). The number of esters is 1. The number of aryl methyl sites for hydroxylation is 2. The molecule has 230 valence electrons. The fourth-order valence-corrected chi connectivity index (χ4v) is 4.37. The van der Waals surface area contributed by atoms with Crippen LogP contribution in [0.5, 0.6) is 5.75 Å². The number of benzene rings is 2. The molecule has 42 heavy (non-hydrogen) atoms. The third-order valence-electron chi connectivity index (χ3n) is 6.48. The summed E-state index contributed by atoms with van der Waals surface area (Å²) in [6.45, 7) is 14.6. The zero-order chi connectivity index (χ0) is 31.6. The van der Waals surface area contributed by atoms with Gasteiger partial charge in [0.1, 0.15) is 23.4 Å². The predicted octanol–water partition coefficient (Wildman–Crippen LogP) is 4.49. The number of ether oxygens (including phenoxy) is 2. The lowest BCUT2D eigenvalue weighted by atomic mass is 9.96. The average Bonchev–Trinajstić information content (AvgIpc) is 2.88. The maximum Gasteiger partial charge on any atom is 0.408 e. The average molecular weight is 584 g/mol. The number of carbonyl (C=O) groups excluding carboxylic acids is 4. The number of nitrogens with zero attached hydrogens (tertiary/aromatic N) is 1. The molecule has 2 rings (SSSR count). The zero-order valence-corrected chi connectivity index (χ0v) is 25.9. The molecule has 0 fully saturated rings. The van der Waals surface area contributed by atoms with Crippen LogP contribution < -0.4 is 10.6 Å². The van der Waals surface area contributed by atoms with E-state index in [9.17, 15) is 24.3 Å². The first-order valence-corrected chi connectivity index (χ1v) is 14.2. The molecular weight excluding hydrogens is 538 g/mol. The molecule has 2 aromatic rings. The third kappa shape index (κ3) is 10.4. The van der Waals surface area contributed by atoms with Crippen LogP contribution in [0.2, 0.25) is 0 Å². The molecular formula is C32H45N3O7. The minimum Gasteiger partial charge on any atom is -0.508 e. The number of hydrogen-bond acceptors (Lipinski definition) is 7. The van der Waals surface area contributed by atoms with Gasteiger partial charge in [0.05, 0.1) is 13.0 Å². The number of alkyl carbamates (subject to hydrolysis) is 1. The molecule has 0 aromatic heterocycles. The minimum absolute atomic E-state index is 0.0153. The zero-order valence-electron chi connectivity index (χ0n) is 25.9. The van der Waals surface area contributed by atoms with Gasteiger partial charge in [0.2, 0.25) is 11.8 Å². The summed E-state index contributed by atoms with van der Waals surface area (Å²) in [6.07, 6.45) is -0.700. The number of nitrogens with one attached hydrogen (secondary N) is 2. The molecule has 3 amide bonds. The van der Waals surface area contributed by atoms with E-state index in [4.69, 9.17) is 9.47 Å². The van der Waals surface area contributed by atoms with Crippen LogP contribution in [0.3, 0.4) is 0 Å². The number of rotatable bonds is 12. The lowest BCUT2D eigenvalue weighted by Gasteiger charge is -2.37. The van der Waals surface area contributed by atoms with E-state index >= 15 is 0 Å². The monoisotopic (exact) mass is 583 g/mol. The van der Waals surface area contributed by atoms with Gasteiger partial charge in [-0.05, 0) is 89.8 Å². The summed E-state index contributed by atoms with van der Waals surface area (Å²) in [6, 6.07) is 9.28. The summed E-state index contributed by atoms with van der Waals surface area (Å²) >= 11 is 0. The van der Waals surface area contributed by atoms with Gasteiger partial charge in [-0.1, -0.05) is 30.3 Å². The largest absolute Gasteiger partial charge is 0.508 e. The predicted molar refractivity (Wildman–Crippen MR) is 160 cm³/mol. The molecule has 0 aliphatic rings. The van der Waals surface area contributed by atoms with Crippen molar-refractivity contribution in [2.24, 2.45) is 0 Å². The SMILES string of the molecule is CCOC(=O)CCNC(=O)C(c1ccc(C)c(C)c1)N(C(=O)C(Cc1ccc(O)cc1)NC(=O)OC(C)(C)C)C(C)C. The van der Waals surface area contributed by atoms with E-state index in [2.05, 4.69) is 10.6 Å². The fraction of sp³-hybridized carbons (Fsp3) is 0.500. The van der Waals surface area contributed by atoms with E-state index in [0.717, 1.165) is 11.1 Å². The van der Waals surface area contributed by atoms with E-state index in [1.165, 1.54) is 17.0 Å². The molecule has 0 saturated heterocycles. The first-order valence-electron chi connectivity index (χ1n) is 14.2. The van der Waals surface area contributed by atoms with Crippen LogP contribution >= 0.6 is 0 Å². The van der Waals surface area contributed by atoms with Gasteiger partial charge in [-0.3, -0.25) is 14.4 Å². The number of hydrogen-bond donors (Lipinski definition) is 3. The second-order valence-electron chi connectivity index (χ2n) is 11.5. The molecule has 0 spiro atoms. The fourth-order valence-electron chi connectivity index (χ4n) is 4.37. The highest BCUT2D eigenvalue weighted by Gasteiger charge is 2.38. The number of amides is 3. The van der Waals surface area contributed by atoms with Crippen molar-refractivity contribution in [1.29, 1.82) is 0 Å². The molecule has 10 nitrogen and oxygen atoms in total. The second kappa shape index (κ2) is 15.2. The highest BCUT2D eigenvalue weighted by atomic mass is 16.6. The first-order chi connectivity index (χ1) is 19.6. The molecule has 2 unspecified atom stereocenters. The lowest BCUT2D eigenvalue weighted by molar-refractivity contribution is -0.145. The topological polar surface area (TPSA) is 134 Å². The Bertz CT molecular complexity index is 1240. The van der Waals surface area contributed by atoms with Crippen molar-refractivity contribution in [3.8, 4) is 5.75 Å². The lowest BCUT2D eigenvalue weighted by Crippen LogP contribution is -2.55. The second-order valence-corrected chi connectivity index (χ2v) is 11.5. The summed E-state index contributed by atoms with van der Waals surface area (Å²) in [7, 11) is 0. The highest BCUT2D eigenvalue weighted by Crippen LogP contribution is 2.27. The van der Waals surface area contributed by atoms with Crippen molar-refractivity contribution in [3.63, 3.8) is 0 Å². The molecule has 0 bridgehead atoms. The molecule has 0 heterocycles. The smallest absolute Gasteiger partial charge is 0.408 e. The summed E-state index contributed by atoms with van der Waals surface area (Å²) < 4.78 is 10.4. The van der Waals surface area contributed by atoms with Gasteiger partial charge in [0, 0.05) is 19.0 Å². The van der Waals surface area contributed by atoms with Crippen molar-refractivity contribution in [1.82, 2.24) is 15.5 Å². The Labute approximate surface area is 248 Å². The Morgan fingerprint density at radius 1 is 0.976 bits per heavy atom. The van der Waals surface area contributed by atoms with Crippen molar-refractivity contribution in [2.45, 2.75) is 92.0 Å². The summed E-state index contributed by atoms with van der Waals surface area (Å²) in [5.41, 5.74) is 2.45. The van der Waals surface area contributed by atoms with Crippen molar-refractivity contribution >= 4 is 23.9 Å². The number of aromatic hydroxyl groups is 1. The summed E-state index contributed by atoms with van der Waals surface area (Å²) in [5.74, 6) is -1.33. The van der Waals surface area contributed by atoms with Crippen LogP contribution in [0.25, 0.3) is 0 Å². The quantitative estimate of drug-likeness (QED) is 0.314. The van der Waals surface area contributed by atoms with E-state index < -0.39 is 47.6 Å². The van der Waals surface area contributed by atoms with E-state index in [-0.39, 0.29) is 31.7 Å². The Balaban J connectivity index is 2.52. The highest BCUT2D eigenvalue weighted by molar-refractivity contribution is 5.92. The van der Waals surface area contributed by atoms with Gasteiger partial charge in [0.25, 0.3) is 0 Å². The maximum atomic E-state index is 14.3. The maximum absolute atomic E-state index is 14.3. The van der Waals surface area contributed by atoms with Crippen molar-refractivity contribution < 1.29 is 33.8 Å². The van der Waals surface area contributed by atoms with Crippen LogP contribution in [-0.2, 0) is 30.3 Å². The van der Waals surface area contributed by atoms with E-state index in [1.807, 2.05) is 26.0 Å². The van der Waals surface area contributed by atoms with Crippen molar-refractivity contribution in [2.75, 3.05) is 13.2 Å². The van der Waals surface area contributed by atoms with Gasteiger partial charge in [-0.25, -0.2) is 4.79 Å². The molecule has 2 aromatic carbocycles. The van der Waals surface area contributed by atoms with Gasteiger partial charge < -0.3 is 30.1 Å². The van der Waals surface area contributed by atoms with Gasteiger partial charge >= 0.3 is 12.1 Å². The van der Waals surface area contributed by atoms with Crippen LogP contribution in [0.1, 0.15) is 76.3 Å². The van der Waals surface area contributed by atoms with Gasteiger partial charge in [0.15, 0.2) is 0 Å². The van der Waals surface area contributed by atoms with Crippen molar-refractivity contribution in [3.05, 3.63) is 64.7 Å². The molecule has 3 N–H and O–H groups in total. The van der Waals surface area contributed by atoms with Crippen LogP contribution in [0.15, 0.2) is 42.5 Å². The summed E-state index contributed by atoms with van der Waals surface area (Å²) in [4.78, 5) is 54.3. The minimum atomic E-state index is -1.09. The van der Waals surface area contributed by atoms with Crippen LogP contribution in [-0.4, -0.2) is 64.7 Å². The Morgan fingerprint density at radius 3 is 2.17 bits per heavy atom. The number of carbonyl (C=O) groups is 4. The Hall–Kier alpha value is -4.08. The third-order valence-corrected chi connectivity index (χ3v) is 6.48. The molecule has 0 aliphatic heterocycles.